The Hall–Kier alpha value is -4.10. The molecule has 2 N–H and O–H groups in total. The fourth-order valence-electron chi connectivity index (χ4n) is 5.90. The van der Waals surface area contributed by atoms with Gasteiger partial charge in [0, 0.05) is 41.0 Å². The summed E-state index contributed by atoms with van der Waals surface area (Å²) >= 11 is 0. The van der Waals surface area contributed by atoms with Crippen molar-refractivity contribution in [2.24, 2.45) is 5.92 Å². The Kier molecular flexibility index (Phi) is 9.04. The lowest BCUT2D eigenvalue weighted by Gasteiger charge is -2.31. The maximum Gasteiger partial charge on any atom is 0.275 e. The van der Waals surface area contributed by atoms with Gasteiger partial charge in [-0.2, -0.15) is 0 Å². The summed E-state index contributed by atoms with van der Waals surface area (Å²) in [6.45, 7) is 6.67. The monoisotopic (exact) mass is 552 g/mol. The van der Waals surface area contributed by atoms with Crippen LogP contribution < -0.4 is 11.1 Å². The van der Waals surface area contributed by atoms with Gasteiger partial charge in [-0.15, -0.1) is 0 Å². The molecule has 2 aromatic carbocycles. The fourth-order valence-corrected chi connectivity index (χ4v) is 5.90. The third kappa shape index (κ3) is 6.00. The molecule has 0 radical (unpaired) electrons. The quantitative estimate of drug-likeness (QED) is 0.197. The van der Waals surface area contributed by atoms with Gasteiger partial charge in [0.05, 0.1) is 17.5 Å². The van der Waals surface area contributed by atoms with Crippen molar-refractivity contribution in [2.45, 2.75) is 64.9 Å². The number of para-hydroxylation sites is 2. The van der Waals surface area contributed by atoms with Crippen molar-refractivity contribution < 1.29 is 4.74 Å². The second kappa shape index (κ2) is 13.0. The number of nitrogens with zero attached hydrogens (tertiary/aromatic N) is 2. The molecule has 0 spiro atoms. The molecule has 2 aromatic heterocycles. The lowest BCUT2D eigenvalue weighted by molar-refractivity contribution is 0.0498. The van der Waals surface area contributed by atoms with E-state index in [-0.39, 0.29) is 23.1 Å². The summed E-state index contributed by atoms with van der Waals surface area (Å²) < 4.78 is 9.61. The molecule has 0 aliphatic heterocycles. The Balaban J connectivity index is 1.60. The molecule has 2 atom stereocenters. The van der Waals surface area contributed by atoms with E-state index in [2.05, 4.69) is 29.3 Å². The van der Waals surface area contributed by atoms with Crippen LogP contribution in [0.4, 0.5) is 0 Å². The molecular formula is C34H40N4O3. The van der Waals surface area contributed by atoms with Crippen LogP contribution in [0.15, 0.2) is 94.6 Å². The average Bonchev–Trinajstić information content (AvgIpc) is 3.46. The van der Waals surface area contributed by atoms with Gasteiger partial charge in [-0.1, -0.05) is 93.3 Å². The first-order chi connectivity index (χ1) is 20.0. The number of aryl methyl sites for hydroxylation is 2. The van der Waals surface area contributed by atoms with Gasteiger partial charge in [-0.05, 0) is 44.5 Å². The van der Waals surface area contributed by atoms with Crippen molar-refractivity contribution in [3.05, 3.63) is 128 Å². The Morgan fingerprint density at radius 1 is 0.732 bits per heavy atom. The van der Waals surface area contributed by atoms with Gasteiger partial charge in [0.1, 0.15) is 0 Å². The third-order valence-electron chi connectivity index (χ3n) is 7.95. The third-order valence-corrected chi connectivity index (χ3v) is 7.95. The lowest BCUT2D eigenvalue weighted by atomic mass is 9.76. The molecule has 214 valence electrons. The zero-order valence-corrected chi connectivity index (χ0v) is 24.2. The molecule has 0 fully saturated rings. The van der Waals surface area contributed by atoms with E-state index >= 15 is 0 Å². The Morgan fingerprint density at radius 2 is 1.24 bits per heavy atom. The van der Waals surface area contributed by atoms with Gasteiger partial charge in [-0.25, -0.2) is 9.36 Å². The number of aromatic amines is 2. The zero-order valence-electron chi connectivity index (χ0n) is 24.2. The number of unbranched alkanes of at least 4 members (excludes halogenated alkanes) is 4. The number of aromatic nitrogens is 4. The molecule has 1 aliphatic rings. The van der Waals surface area contributed by atoms with Crippen LogP contribution in [0.1, 0.15) is 67.5 Å². The summed E-state index contributed by atoms with van der Waals surface area (Å²) in [7, 11) is 0. The largest absolute Gasteiger partial charge is 0.373 e. The summed E-state index contributed by atoms with van der Waals surface area (Å²) in [4.78, 5) is 28.3. The number of benzene rings is 2. The van der Waals surface area contributed by atoms with E-state index in [1.165, 1.54) is 19.3 Å². The highest BCUT2D eigenvalue weighted by Gasteiger charge is 2.38. The zero-order chi connectivity index (χ0) is 28.8. The summed E-state index contributed by atoms with van der Waals surface area (Å²) in [6, 6.07) is 19.1. The summed E-state index contributed by atoms with van der Waals surface area (Å²) in [5.41, 5.74) is 3.80. The number of rotatable bonds is 12. The molecule has 4 aromatic rings. The number of hydrogen-bond acceptors (Lipinski definition) is 3. The highest BCUT2D eigenvalue weighted by atomic mass is 16.5. The molecule has 7 heteroatoms. The second-order valence-electron chi connectivity index (χ2n) is 10.8. The van der Waals surface area contributed by atoms with Crippen molar-refractivity contribution >= 4 is 0 Å². The molecule has 2 heterocycles. The van der Waals surface area contributed by atoms with Crippen molar-refractivity contribution in [2.75, 3.05) is 6.61 Å². The number of H-pyrrole nitrogens is 2. The van der Waals surface area contributed by atoms with Crippen LogP contribution in [0.3, 0.4) is 0 Å². The number of nitrogens with one attached hydrogen (secondary N) is 2. The molecule has 41 heavy (non-hydrogen) atoms. The Morgan fingerprint density at radius 3 is 1.78 bits per heavy atom. The van der Waals surface area contributed by atoms with E-state index in [0.29, 0.717) is 17.7 Å². The molecule has 0 saturated heterocycles. The maximum atomic E-state index is 14.1. The first kappa shape index (κ1) is 28.4. The molecule has 1 aliphatic carbocycles. The fraction of sp³-hybridized carbons (Fsp3) is 0.353. The molecule has 5 rings (SSSR count). The minimum atomic E-state index is -0.524. The van der Waals surface area contributed by atoms with Crippen LogP contribution in [0, 0.1) is 19.8 Å². The minimum absolute atomic E-state index is 0.161. The van der Waals surface area contributed by atoms with Gasteiger partial charge in [0.2, 0.25) is 0 Å². The average molecular weight is 553 g/mol. The van der Waals surface area contributed by atoms with Crippen molar-refractivity contribution in [1.29, 1.82) is 0 Å². The first-order valence-corrected chi connectivity index (χ1v) is 14.7. The number of allylic oxidation sites excluding steroid dienone is 2. The first-order valence-electron chi connectivity index (χ1n) is 14.7. The standard InChI is InChI=1S/C34H40N4O3/c1-4-5-6-7-16-23-41-29-22-15-14-21-28(29)32(30-24(2)35-37(33(30)39)26-17-10-8-11-18-26)31-25(3)36-38(34(31)40)27-19-12-9-13-20-27/h8-15,17-22,28-29,32,35-36H,4-7,16,23H2,1-3H3/t28-,29-/m1/s1. The minimum Gasteiger partial charge on any atom is -0.373 e. The SMILES string of the molecule is CCCCCCCO[C@@H]1C=CC=C[C@H]1C(c1c(C)[nH]n(-c2ccccc2)c1=O)c1c(C)[nH]n(-c2ccccc2)c1=O. The predicted molar refractivity (Wildman–Crippen MR) is 164 cm³/mol. The number of hydrogen-bond donors (Lipinski definition) is 2. The summed E-state index contributed by atoms with van der Waals surface area (Å²) in [6.07, 6.45) is 13.6. The van der Waals surface area contributed by atoms with Crippen molar-refractivity contribution in [3.8, 4) is 11.4 Å². The van der Waals surface area contributed by atoms with Crippen LogP contribution in [-0.2, 0) is 4.74 Å². The molecule has 7 nitrogen and oxygen atoms in total. The van der Waals surface area contributed by atoms with E-state index in [9.17, 15) is 9.59 Å². The van der Waals surface area contributed by atoms with Gasteiger partial charge >= 0.3 is 0 Å². The lowest BCUT2D eigenvalue weighted by Crippen LogP contribution is -2.34. The predicted octanol–water partition coefficient (Wildman–Crippen LogP) is 6.49. The molecular weight excluding hydrogens is 512 g/mol. The normalized spacial score (nSPS) is 16.6. The van der Waals surface area contributed by atoms with Crippen molar-refractivity contribution in [1.82, 2.24) is 19.6 Å². The van der Waals surface area contributed by atoms with E-state index < -0.39 is 5.92 Å². The van der Waals surface area contributed by atoms with Gasteiger partial charge in [0.15, 0.2) is 0 Å². The topological polar surface area (TPSA) is 84.8 Å². The van der Waals surface area contributed by atoms with Crippen LogP contribution in [0.2, 0.25) is 0 Å². The molecule has 0 saturated carbocycles. The van der Waals surface area contributed by atoms with Crippen molar-refractivity contribution in [3.63, 3.8) is 0 Å². The van der Waals surface area contributed by atoms with Gasteiger partial charge < -0.3 is 4.74 Å². The number of ether oxygens (including phenoxy) is 1. The van der Waals surface area contributed by atoms with E-state index in [1.807, 2.05) is 86.7 Å². The molecule has 0 bridgehead atoms. The van der Waals surface area contributed by atoms with Crippen LogP contribution >= 0.6 is 0 Å². The van der Waals surface area contributed by atoms with E-state index in [4.69, 9.17) is 4.74 Å². The Labute approximate surface area is 241 Å². The highest BCUT2D eigenvalue weighted by Crippen LogP contribution is 2.38. The summed E-state index contributed by atoms with van der Waals surface area (Å²) in [5.74, 6) is -0.766. The molecule has 0 unspecified atom stereocenters. The van der Waals surface area contributed by atoms with Gasteiger partial charge in [-0.3, -0.25) is 19.8 Å². The van der Waals surface area contributed by atoms with Crippen LogP contribution in [-0.4, -0.2) is 32.3 Å². The van der Waals surface area contributed by atoms with E-state index in [0.717, 1.165) is 35.6 Å². The highest BCUT2D eigenvalue weighted by molar-refractivity contribution is 5.43. The summed E-state index contributed by atoms with van der Waals surface area (Å²) in [5, 5.41) is 6.57. The smallest absolute Gasteiger partial charge is 0.275 e. The van der Waals surface area contributed by atoms with Crippen LogP contribution in [0.25, 0.3) is 11.4 Å². The maximum absolute atomic E-state index is 14.1. The van der Waals surface area contributed by atoms with Crippen LogP contribution in [0.5, 0.6) is 0 Å². The van der Waals surface area contributed by atoms with E-state index in [1.54, 1.807) is 9.36 Å². The second-order valence-corrected chi connectivity index (χ2v) is 10.8. The molecule has 0 amide bonds. The van der Waals surface area contributed by atoms with Gasteiger partial charge in [0.25, 0.3) is 11.1 Å². The Bertz CT molecular complexity index is 1510.